The minimum atomic E-state index is -0.861. The van der Waals surface area contributed by atoms with E-state index in [0.29, 0.717) is 12.5 Å². The first-order valence-electron chi connectivity index (χ1n) is 6.40. The Morgan fingerprint density at radius 2 is 2.06 bits per heavy atom. The normalized spacial score (nSPS) is 16.4. The van der Waals surface area contributed by atoms with Crippen LogP contribution in [0.1, 0.15) is 25.7 Å². The molecule has 1 rings (SSSR count). The van der Waals surface area contributed by atoms with E-state index >= 15 is 0 Å². The van der Waals surface area contributed by atoms with Crippen LogP contribution in [0.2, 0.25) is 0 Å². The number of rotatable bonds is 8. The second-order valence-electron chi connectivity index (χ2n) is 5.10. The third kappa shape index (κ3) is 6.44. The van der Waals surface area contributed by atoms with Gasteiger partial charge in [0.1, 0.15) is 0 Å². The predicted octanol–water partition coefficient (Wildman–Crippen LogP) is 0.491. The van der Waals surface area contributed by atoms with Crippen LogP contribution in [-0.4, -0.2) is 55.2 Å². The van der Waals surface area contributed by atoms with Crippen LogP contribution in [0.3, 0.4) is 0 Å². The molecule has 18 heavy (non-hydrogen) atoms. The lowest BCUT2D eigenvalue weighted by Crippen LogP contribution is -2.44. The number of nitrogens with zero attached hydrogens (tertiary/aromatic N) is 1. The topological polar surface area (TPSA) is 81.7 Å². The first-order valence-corrected chi connectivity index (χ1v) is 6.40. The Kier molecular flexibility index (Phi) is 5.91. The first kappa shape index (κ1) is 14.8. The number of carbonyl (C=O) groups is 2. The fraction of sp³-hybridized carbons (Fsp3) is 0.833. The van der Waals surface area contributed by atoms with E-state index in [1.165, 1.54) is 0 Å². The van der Waals surface area contributed by atoms with Gasteiger partial charge in [-0.05, 0) is 45.8 Å². The molecule has 0 aliphatic heterocycles. The molecule has 6 heteroatoms. The second kappa shape index (κ2) is 7.20. The zero-order valence-electron chi connectivity index (χ0n) is 11.1. The second-order valence-corrected chi connectivity index (χ2v) is 5.10. The van der Waals surface area contributed by atoms with Crippen LogP contribution in [-0.2, 0) is 4.79 Å². The average molecular weight is 257 g/mol. The fourth-order valence-electron chi connectivity index (χ4n) is 1.84. The predicted molar refractivity (Wildman–Crippen MR) is 68.5 cm³/mol. The average Bonchev–Trinajstić information content (AvgIpc) is 3.06. The van der Waals surface area contributed by atoms with Crippen molar-refractivity contribution in [3.8, 4) is 0 Å². The smallest absolute Gasteiger partial charge is 0.315 e. The quantitative estimate of drug-likeness (QED) is 0.553. The maximum absolute atomic E-state index is 11.6. The summed E-state index contributed by atoms with van der Waals surface area (Å²) in [4.78, 5) is 24.3. The van der Waals surface area contributed by atoms with Gasteiger partial charge in [-0.2, -0.15) is 0 Å². The molecule has 1 fully saturated rings. The molecule has 3 N–H and O–H groups in total. The molecule has 2 amide bonds. The van der Waals surface area contributed by atoms with Gasteiger partial charge in [0.2, 0.25) is 0 Å². The maximum Gasteiger partial charge on any atom is 0.315 e. The van der Waals surface area contributed by atoms with Crippen LogP contribution in [0.5, 0.6) is 0 Å². The van der Waals surface area contributed by atoms with Gasteiger partial charge >= 0.3 is 12.0 Å². The molecule has 1 aliphatic rings. The maximum atomic E-state index is 11.6. The summed E-state index contributed by atoms with van der Waals surface area (Å²) in [6.45, 7) is 1.52. The van der Waals surface area contributed by atoms with Crippen molar-refractivity contribution in [2.24, 2.45) is 5.92 Å². The summed E-state index contributed by atoms with van der Waals surface area (Å²) in [5, 5.41) is 14.3. The van der Waals surface area contributed by atoms with Crippen molar-refractivity contribution in [2.75, 3.05) is 27.2 Å². The largest absolute Gasteiger partial charge is 0.481 e. The zero-order valence-corrected chi connectivity index (χ0v) is 11.1. The number of hydrogen-bond donors (Lipinski definition) is 3. The van der Waals surface area contributed by atoms with Crippen LogP contribution in [0.4, 0.5) is 4.79 Å². The van der Waals surface area contributed by atoms with E-state index in [4.69, 9.17) is 5.11 Å². The van der Waals surface area contributed by atoms with E-state index in [1.807, 2.05) is 14.1 Å². The third-order valence-corrected chi connectivity index (χ3v) is 2.97. The molecule has 104 valence electrons. The molecule has 1 unspecified atom stereocenters. The fourth-order valence-corrected chi connectivity index (χ4v) is 1.84. The Labute approximate surface area is 108 Å². The number of amides is 2. The summed E-state index contributed by atoms with van der Waals surface area (Å²) in [6, 6.07) is -0.483. The summed E-state index contributed by atoms with van der Waals surface area (Å²) < 4.78 is 0. The molecule has 0 aromatic heterocycles. The van der Waals surface area contributed by atoms with Crippen molar-refractivity contribution in [1.82, 2.24) is 15.5 Å². The molecular formula is C12H23N3O3. The summed E-state index contributed by atoms with van der Waals surface area (Å²) >= 11 is 0. The van der Waals surface area contributed by atoms with Crippen LogP contribution >= 0.6 is 0 Å². The number of urea groups is 1. The van der Waals surface area contributed by atoms with E-state index in [9.17, 15) is 9.59 Å². The minimum absolute atomic E-state index is 0.00971. The van der Waals surface area contributed by atoms with Crippen LogP contribution in [0.15, 0.2) is 0 Å². The van der Waals surface area contributed by atoms with Crippen molar-refractivity contribution in [3.63, 3.8) is 0 Å². The third-order valence-electron chi connectivity index (χ3n) is 2.97. The molecule has 0 saturated heterocycles. The molecule has 0 spiro atoms. The van der Waals surface area contributed by atoms with Gasteiger partial charge in [0.15, 0.2) is 0 Å². The Morgan fingerprint density at radius 1 is 1.39 bits per heavy atom. The Balaban J connectivity index is 2.18. The van der Waals surface area contributed by atoms with Gasteiger partial charge in [-0.1, -0.05) is 0 Å². The summed E-state index contributed by atoms with van der Waals surface area (Å²) in [7, 11) is 3.96. The van der Waals surface area contributed by atoms with E-state index in [-0.39, 0.29) is 18.5 Å². The molecule has 0 bridgehead atoms. The standard InChI is InChI=1S/C12H23N3O3/c1-15(2)7-3-6-13-12(18)14-10(8-11(16)17)9-4-5-9/h9-10H,3-8H2,1-2H3,(H,16,17)(H2,13,14,18). The number of aliphatic carboxylic acids is 1. The van der Waals surface area contributed by atoms with Crippen molar-refractivity contribution in [1.29, 1.82) is 0 Å². The molecule has 0 heterocycles. The van der Waals surface area contributed by atoms with E-state index in [1.54, 1.807) is 0 Å². The van der Waals surface area contributed by atoms with Crippen LogP contribution in [0.25, 0.3) is 0 Å². The Hall–Kier alpha value is -1.30. The molecule has 0 aromatic rings. The van der Waals surface area contributed by atoms with Gasteiger partial charge in [-0.25, -0.2) is 4.79 Å². The minimum Gasteiger partial charge on any atom is -0.481 e. The lowest BCUT2D eigenvalue weighted by molar-refractivity contribution is -0.137. The Bertz CT molecular complexity index is 290. The Morgan fingerprint density at radius 3 is 2.56 bits per heavy atom. The van der Waals surface area contributed by atoms with Gasteiger partial charge in [0, 0.05) is 12.6 Å². The number of carbonyl (C=O) groups excluding carboxylic acids is 1. The lowest BCUT2D eigenvalue weighted by atomic mass is 10.1. The lowest BCUT2D eigenvalue weighted by Gasteiger charge is -2.17. The summed E-state index contributed by atoms with van der Waals surface area (Å²) in [6.07, 6.45) is 2.92. The number of hydrogen-bond acceptors (Lipinski definition) is 3. The zero-order chi connectivity index (χ0) is 13.5. The van der Waals surface area contributed by atoms with Crippen LogP contribution in [0, 0.1) is 5.92 Å². The van der Waals surface area contributed by atoms with E-state index in [0.717, 1.165) is 25.8 Å². The number of nitrogens with one attached hydrogen (secondary N) is 2. The van der Waals surface area contributed by atoms with Gasteiger partial charge in [-0.3, -0.25) is 4.79 Å². The monoisotopic (exact) mass is 257 g/mol. The summed E-state index contributed by atoms with van der Waals surface area (Å²) in [5.41, 5.74) is 0. The molecule has 6 nitrogen and oxygen atoms in total. The van der Waals surface area contributed by atoms with Gasteiger partial charge in [0.05, 0.1) is 6.42 Å². The number of carboxylic acids is 1. The highest BCUT2D eigenvalue weighted by Crippen LogP contribution is 2.33. The highest BCUT2D eigenvalue weighted by atomic mass is 16.4. The van der Waals surface area contributed by atoms with Gasteiger partial charge in [-0.15, -0.1) is 0 Å². The van der Waals surface area contributed by atoms with E-state index in [2.05, 4.69) is 15.5 Å². The SMILES string of the molecule is CN(C)CCCNC(=O)NC(CC(=O)O)C1CC1. The van der Waals surface area contributed by atoms with E-state index < -0.39 is 5.97 Å². The first-order chi connectivity index (χ1) is 8.49. The van der Waals surface area contributed by atoms with Crippen molar-refractivity contribution in [3.05, 3.63) is 0 Å². The molecule has 0 aromatic carbocycles. The highest BCUT2D eigenvalue weighted by molar-refractivity contribution is 5.75. The van der Waals surface area contributed by atoms with Crippen molar-refractivity contribution in [2.45, 2.75) is 31.7 Å². The van der Waals surface area contributed by atoms with Crippen molar-refractivity contribution < 1.29 is 14.7 Å². The van der Waals surface area contributed by atoms with Gasteiger partial charge in [0.25, 0.3) is 0 Å². The molecule has 1 aliphatic carbocycles. The number of carboxylic acid groups (broad SMARTS) is 1. The highest BCUT2D eigenvalue weighted by Gasteiger charge is 2.33. The van der Waals surface area contributed by atoms with Crippen molar-refractivity contribution >= 4 is 12.0 Å². The molecule has 1 atom stereocenters. The molecule has 1 saturated carbocycles. The van der Waals surface area contributed by atoms with Gasteiger partial charge < -0.3 is 20.6 Å². The molecular weight excluding hydrogens is 234 g/mol. The molecule has 0 radical (unpaired) electrons. The summed E-state index contributed by atoms with van der Waals surface area (Å²) in [5.74, 6) is -0.520. The van der Waals surface area contributed by atoms with Crippen LogP contribution < -0.4 is 10.6 Å².